The highest BCUT2D eigenvalue weighted by atomic mass is 32.2. The van der Waals surface area contributed by atoms with Gasteiger partial charge in [-0.05, 0) is 32.9 Å². The highest BCUT2D eigenvalue weighted by Crippen LogP contribution is 2.41. The van der Waals surface area contributed by atoms with E-state index in [-0.39, 0.29) is 18.1 Å². The summed E-state index contributed by atoms with van der Waals surface area (Å²) >= 11 is 0. The van der Waals surface area contributed by atoms with Gasteiger partial charge in [0.05, 0.1) is 11.5 Å². The molecule has 2 heterocycles. The van der Waals surface area contributed by atoms with Gasteiger partial charge < -0.3 is 24.1 Å². The molecule has 2 aliphatic heterocycles. The van der Waals surface area contributed by atoms with Crippen LogP contribution in [0.4, 0.5) is 0 Å². The van der Waals surface area contributed by atoms with Crippen molar-refractivity contribution in [2.45, 2.75) is 55.6 Å². The van der Waals surface area contributed by atoms with Crippen LogP contribution in [0.5, 0.6) is 0 Å². The summed E-state index contributed by atoms with van der Waals surface area (Å²) in [4.78, 5) is 0.0372. The maximum atomic E-state index is 12.3. The Hall–Kier alpha value is -1.07. The Morgan fingerprint density at radius 3 is 2.50 bits per heavy atom. The summed E-state index contributed by atoms with van der Waals surface area (Å²) in [6.07, 6.45) is -2.91. The molecule has 0 bridgehead atoms. The van der Waals surface area contributed by atoms with E-state index in [1.807, 2.05) is 6.92 Å². The Bertz CT molecular complexity index is 745. The van der Waals surface area contributed by atoms with Gasteiger partial charge in [-0.15, -0.1) is 0 Å². The third kappa shape index (κ3) is 3.65. The molecule has 0 aliphatic carbocycles. The van der Waals surface area contributed by atoms with Crippen molar-refractivity contribution in [3.63, 3.8) is 0 Å². The van der Waals surface area contributed by atoms with Gasteiger partial charge in [-0.25, -0.2) is 0 Å². The van der Waals surface area contributed by atoms with E-state index in [0.717, 1.165) is 5.56 Å². The SMILES string of the molecule is CO[C@]12COC(C)(C)O[C@H]1[C@H](O)[C@@H](COS(=O)(=O)c1ccc(C)cc1)O2. The van der Waals surface area contributed by atoms with Crippen LogP contribution < -0.4 is 0 Å². The molecule has 2 fully saturated rings. The third-order valence-electron chi connectivity index (χ3n) is 4.55. The molecule has 4 atom stereocenters. The van der Waals surface area contributed by atoms with E-state index < -0.39 is 40.0 Å². The molecule has 0 amide bonds. The van der Waals surface area contributed by atoms with Gasteiger partial charge in [0, 0.05) is 7.11 Å². The number of aryl methyl sites for hydroxylation is 1. The third-order valence-corrected chi connectivity index (χ3v) is 5.85. The van der Waals surface area contributed by atoms with Gasteiger partial charge in [-0.2, -0.15) is 8.42 Å². The molecule has 0 aromatic heterocycles. The number of benzene rings is 1. The fraction of sp³-hybridized carbons (Fsp3) is 0.647. The van der Waals surface area contributed by atoms with Crippen LogP contribution in [0, 0.1) is 6.92 Å². The standard InChI is InChI=1S/C17H24O8S/c1-11-5-7-12(8-6-11)26(19,20)23-9-13-14(18)15-17(21-4,24-13)10-22-16(2,3)25-15/h5-8,13-15,18H,9-10H2,1-4H3/t13-,14-,15+,17+/m1/s1. The Labute approximate surface area is 153 Å². The predicted molar refractivity (Wildman–Crippen MR) is 89.8 cm³/mol. The molecule has 146 valence electrons. The molecule has 9 heteroatoms. The first-order valence-corrected chi connectivity index (χ1v) is 9.68. The van der Waals surface area contributed by atoms with Crippen LogP contribution in [0.25, 0.3) is 0 Å². The number of rotatable bonds is 5. The minimum Gasteiger partial charge on any atom is -0.387 e. The quantitative estimate of drug-likeness (QED) is 0.745. The first kappa shape index (κ1) is 19.7. The fourth-order valence-electron chi connectivity index (χ4n) is 3.02. The first-order valence-electron chi connectivity index (χ1n) is 8.27. The smallest absolute Gasteiger partial charge is 0.297 e. The van der Waals surface area contributed by atoms with Gasteiger partial charge in [-0.3, -0.25) is 4.18 Å². The summed E-state index contributed by atoms with van der Waals surface area (Å²) in [7, 11) is -2.56. The van der Waals surface area contributed by atoms with Crippen LogP contribution in [0.2, 0.25) is 0 Å². The lowest BCUT2D eigenvalue weighted by Crippen LogP contribution is -2.59. The van der Waals surface area contributed by atoms with Gasteiger partial charge in [-0.1, -0.05) is 17.7 Å². The second-order valence-corrected chi connectivity index (χ2v) is 8.56. The molecule has 0 saturated carbocycles. The zero-order chi connectivity index (χ0) is 19.2. The molecule has 1 aromatic rings. The lowest BCUT2D eigenvalue weighted by Gasteiger charge is -2.44. The molecule has 0 radical (unpaired) electrons. The molecule has 1 N–H and O–H groups in total. The summed E-state index contributed by atoms with van der Waals surface area (Å²) < 4.78 is 52.2. The van der Waals surface area contributed by atoms with Crippen molar-refractivity contribution in [2.24, 2.45) is 0 Å². The van der Waals surface area contributed by atoms with Crippen LogP contribution in [0.3, 0.4) is 0 Å². The van der Waals surface area contributed by atoms with Crippen LogP contribution >= 0.6 is 0 Å². The Balaban J connectivity index is 1.72. The second kappa shape index (κ2) is 6.83. The molecular weight excluding hydrogens is 364 g/mol. The average molecular weight is 388 g/mol. The summed E-state index contributed by atoms with van der Waals surface area (Å²) in [5.41, 5.74) is 0.935. The van der Waals surface area contributed by atoms with Crippen molar-refractivity contribution in [2.75, 3.05) is 20.3 Å². The monoisotopic (exact) mass is 388 g/mol. The molecule has 1 aromatic carbocycles. The van der Waals surface area contributed by atoms with Crippen molar-refractivity contribution >= 4 is 10.1 Å². The normalized spacial score (nSPS) is 33.8. The summed E-state index contributed by atoms with van der Waals surface area (Å²) in [5, 5.41) is 10.6. The van der Waals surface area contributed by atoms with E-state index in [4.69, 9.17) is 23.1 Å². The number of ether oxygens (including phenoxy) is 4. The highest BCUT2D eigenvalue weighted by Gasteiger charge is 2.61. The summed E-state index contributed by atoms with van der Waals surface area (Å²) in [5.74, 6) is -2.22. The minimum absolute atomic E-state index is 0.0372. The Kier molecular flexibility index (Phi) is 5.17. The van der Waals surface area contributed by atoms with Gasteiger partial charge in [0.25, 0.3) is 10.1 Å². The van der Waals surface area contributed by atoms with Gasteiger partial charge in [0.1, 0.15) is 24.9 Å². The number of fused-ring (bicyclic) bond motifs is 1. The van der Waals surface area contributed by atoms with Crippen LogP contribution in [-0.2, 0) is 33.2 Å². The van der Waals surface area contributed by atoms with E-state index in [9.17, 15) is 13.5 Å². The van der Waals surface area contributed by atoms with E-state index in [2.05, 4.69) is 0 Å². The minimum atomic E-state index is -3.97. The van der Waals surface area contributed by atoms with Gasteiger partial charge in [0.15, 0.2) is 5.79 Å². The molecule has 2 aliphatic rings. The molecule has 3 rings (SSSR count). The van der Waals surface area contributed by atoms with E-state index in [1.165, 1.54) is 19.2 Å². The molecule has 2 saturated heterocycles. The molecule has 0 spiro atoms. The van der Waals surface area contributed by atoms with E-state index >= 15 is 0 Å². The average Bonchev–Trinajstić information content (AvgIpc) is 2.86. The number of aliphatic hydroxyl groups excluding tert-OH is 1. The Morgan fingerprint density at radius 2 is 1.88 bits per heavy atom. The largest absolute Gasteiger partial charge is 0.387 e. The molecule has 26 heavy (non-hydrogen) atoms. The van der Waals surface area contributed by atoms with Gasteiger partial charge >= 0.3 is 0 Å². The van der Waals surface area contributed by atoms with Crippen molar-refractivity contribution < 1.29 is 36.7 Å². The van der Waals surface area contributed by atoms with Crippen LogP contribution in [0.1, 0.15) is 19.4 Å². The van der Waals surface area contributed by atoms with Gasteiger partial charge in [0.2, 0.25) is 5.79 Å². The maximum Gasteiger partial charge on any atom is 0.297 e. The molecule has 0 unspecified atom stereocenters. The van der Waals surface area contributed by atoms with Crippen molar-refractivity contribution in [3.8, 4) is 0 Å². The fourth-order valence-corrected chi connectivity index (χ4v) is 3.94. The van der Waals surface area contributed by atoms with Crippen LogP contribution in [0.15, 0.2) is 29.2 Å². The van der Waals surface area contributed by atoms with Crippen molar-refractivity contribution in [1.29, 1.82) is 0 Å². The van der Waals surface area contributed by atoms with Crippen molar-refractivity contribution in [1.82, 2.24) is 0 Å². The predicted octanol–water partition coefficient (Wildman–Crippen LogP) is 0.954. The topological polar surface area (TPSA) is 101 Å². The summed E-state index contributed by atoms with van der Waals surface area (Å²) in [6.45, 7) is 4.95. The number of aliphatic hydroxyl groups is 1. The maximum absolute atomic E-state index is 12.3. The van der Waals surface area contributed by atoms with Crippen LogP contribution in [-0.4, -0.2) is 63.7 Å². The van der Waals surface area contributed by atoms with E-state index in [1.54, 1.807) is 26.0 Å². The lowest BCUT2D eigenvalue weighted by atomic mass is 10.0. The van der Waals surface area contributed by atoms with Crippen molar-refractivity contribution in [3.05, 3.63) is 29.8 Å². The lowest BCUT2D eigenvalue weighted by molar-refractivity contribution is -0.384. The zero-order valence-corrected chi connectivity index (χ0v) is 16.0. The van der Waals surface area contributed by atoms with E-state index in [0.29, 0.717) is 0 Å². The Morgan fingerprint density at radius 1 is 1.23 bits per heavy atom. The molecule has 8 nitrogen and oxygen atoms in total. The summed E-state index contributed by atoms with van der Waals surface area (Å²) in [6, 6.07) is 6.29. The highest BCUT2D eigenvalue weighted by molar-refractivity contribution is 7.86. The first-order chi connectivity index (χ1) is 12.1. The number of hydrogen-bond acceptors (Lipinski definition) is 8. The second-order valence-electron chi connectivity index (χ2n) is 6.94. The molecular formula is C17H24O8S. The number of hydrogen-bond donors (Lipinski definition) is 1. The zero-order valence-electron chi connectivity index (χ0n) is 15.2. The number of methoxy groups -OCH3 is 1.